The van der Waals surface area contributed by atoms with Gasteiger partial charge in [-0.25, -0.2) is 0 Å². The summed E-state index contributed by atoms with van der Waals surface area (Å²) < 4.78 is 2.18. The zero-order valence-electron chi connectivity index (χ0n) is 7.48. The minimum Gasteiger partial charge on any atom is -0.195 e. The fraction of sp³-hybridized carbons (Fsp3) is 0.0833. The van der Waals surface area contributed by atoms with E-state index in [-0.39, 0.29) is 0 Å². The van der Waals surface area contributed by atoms with Crippen molar-refractivity contribution in [2.75, 3.05) is 0 Å². The molecule has 0 aliphatic carbocycles. The summed E-state index contributed by atoms with van der Waals surface area (Å²) in [4.78, 5) is 0. The van der Waals surface area contributed by atoms with Gasteiger partial charge in [0.15, 0.2) is 12.7 Å². The lowest BCUT2D eigenvalue weighted by Crippen LogP contribution is -2.32. The fourth-order valence-electron chi connectivity index (χ4n) is 1.52. The van der Waals surface area contributed by atoms with Gasteiger partial charge < -0.3 is 0 Å². The van der Waals surface area contributed by atoms with Crippen molar-refractivity contribution in [1.29, 1.82) is 0 Å². The summed E-state index contributed by atoms with van der Waals surface area (Å²) in [6, 6.07) is 12.5. The molecule has 2 aromatic rings. The van der Waals surface area contributed by atoms with Crippen LogP contribution in [0.4, 0.5) is 0 Å². The zero-order valence-corrected chi connectivity index (χ0v) is 7.48. The number of benzene rings is 1. The second-order valence-corrected chi connectivity index (χ2v) is 3.01. The predicted octanol–water partition coefficient (Wildman–Crippen LogP) is 2.31. The maximum absolute atomic E-state index is 3.74. The van der Waals surface area contributed by atoms with Crippen LogP contribution in [0.5, 0.6) is 0 Å². The highest BCUT2D eigenvalue weighted by atomic mass is 14.9. The third kappa shape index (κ3) is 1.45. The van der Waals surface area contributed by atoms with Crippen LogP contribution in [-0.2, 0) is 6.54 Å². The first kappa shape index (κ1) is 7.99. The summed E-state index contributed by atoms with van der Waals surface area (Å²) >= 11 is 0. The molecule has 0 saturated heterocycles. The van der Waals surface area contributed by atoms with Gasteiger partial charge in [0.05, 0.1) is 0 Å². The number of allylic oxidation sites excluding steroid dienone is 1. The normalized spacial score (nSPS) is 10.2. The van der Waals surface area contributed by atoms with Crippen molar-refractivity contribution >= 4 is 10.9 Å². The largest absolute Gasteiger partial charge is 0.212 e. The Bertz CT molecular complexity index is 427. The fourth-order valence-corrected chi connectivity index (χ4v) is 1.52. The molecule has 0 fully saturated rings. The maximum atomic E-state index is 3.74. The minimum absolute atomic E-state index is 0.862. The summed E-state index contributed by atoms with van der Waals surface area (Å²) in [5.74, 6) is 0. The molecular weight excluding hydrogens is 158 g/mol. The number of hydrogen-bond donors (Lipinski definition) is 0. The smallest absolute Gasteiger partial charge is 0.195 e. The number of rotatable bonds is 2. The van der Waals surface area contributed by atoms with Crippen molar-refractivity contribution < 1.29 is 4.57 Å². The van der Waals surface area contributed by atoms with Crippen LogP contribution in [0.25, 0.3) is 10.9 Å². The van der Waals surface area contributed by atoms with Gasteiger partial charge >= 0.3 is 0 Å². The molecule has 0 bridgehead atoms. The van der Waals surface area contributed by atoms with E-state index < -0.39 is 0 Å². The topological polar surface area (TPSA) is 3.88 Å². The standard InChI is InChI=1S/C12H12N/c1-2-9-13-10-5-7-11-6-3-4-8-12(11)13/h2-8,10H,1,9H2/q+1. The van der Waals surface area contributed by atoms with E-state index in [4.69, 9.17) is 0 Å². The van der Waals surface area contributed by atoms with Crippen LogP contribution in [0.15, 0.2) is 55.3 Å². The summed E-state index contributed by atoms with van der Waals surface area (Å²) in [6.07, 6.45) is 3.98. The Labute approximate surface area is 77.9 Å². The summed E-state index contributed by atoms with van der Waals surface area (Å²) in [6.45, 7) is 4.60. The van der Waals surface area contributed by atoms with E-state index in [1.165, 1.54) is 10.9 Å². The molecule has 1 nitrogen and oxygen atoms in total. The van der Waals surface area contributed by atoms with Crippen molar-refractivity contribution in [1.82, 2.24) is 0 Å². The van der Waals surface area contributed by atoms with E-state index in [0.717, 1.165) is 6.54 Å². The molecule has 0 spiro atoms. The quantitative estimate of drug-likeness (QED) is 0.481. The third-order valence-electron chi connectivity index (χ3n) is 2.11. The van der Waals surface area contributed by atoms with Gasteiger partial charge in [0.1, 0.15) is 0 Å². The number of fused-ring (bicyclic) bond motifs is 1. The molecule has 64 valence electrons. The molecule has 0 radical (unpaired) electrons. The highest BCUT2D eigenvalue weighted by Gasteiger charge is 2.03. The van der Waals surface area contributed by atoms with E-state index >= 15 is 0 Å². The highest BCUT2D eigenvalue weighted by Crippen LogP contribution is 2.07. The summed E-state index contributed by atoms with van der Waals surface area (Å²) in [7, 11) is 0. The first-order valence-electron chi connectivity index (χ1n) is 4.40. The molecule has 1 heterocycles. The van der Waals surface area contributed by atoms with E-state index in [0.29, 0.717) is 0 Å². The second kappa shape index (κ2) is 3.40. The number of pyridine rings is 1. The molecule has 1 aromatic heterocycles. The van der Waals surface area contributed by atoms with Gasteiger partial charge in [-0.15, -0.1) is 0 Å². The molecule has 0 aliphatic heterocycles. The van der Waals surface area contributed by atoms with Crippen LogP contribution in [0.3, 0.4) is 0 Å². The van der Waals surface area contributed by atoms with Crippen molar-refractivity contribution in [3.8, 4) is 0 Å². The molecule has 0 saturated carbocycles. The van der Waals surface area contributed by atoms with E-state index in [1.807, 2.05) is 6.08 Å². The second-order valence-electron chi connectivity index (χ2n) is 3.01. The Morgan fingerprint density at radius 3 is 2.77 bits per heavy atom. The lowest BCUT2D eigenvalue weighted by Gasteiger charge is -1.96. The molecule has 1 heteroatoms. The number of para-hydroxylation sites is 1. The first-order chi connectivity index (χ1) is 6.42. The average Bonchev–Trinajstić information content (AvgIpc) is 2.19. The molecule has 0 atom stereocenters. The molecule has 13 heavy (non-hydrogen) atoms. The minimum atomic E-state index is 0.862. The third-order valence-corrected chi connectivity index (χ3v) is 2.11. The zero-order chi connectivity index (χ0) is 9.10. The average molecular weight is 170 g/mol. The van der Waals surface area contributed by atoms with Gasteiger partial charge in [-0.05, 0) is 18.2 Å². The molecule has 2 rings (SSSR count). The Hall–Kier alpha value is -1.63. The van der Waals surface area contributed by atoms with Gasteiger partial charge in [0.2, 0.25) is 5.52 Å². The molecule has 0 aliphatic rings. The van der Waals surface area contributed by atoms with Gasteiger partial charge in [-0.2, -0.15) is 4.57 Å². The van der Waals surface area contributed by atoms with E-state index in [1.54, 1.807) is 0 Å². The Morgan fingerprint density at radius 1 is 1.15 bits per heavy atom. The Morgan fingerprint density at radius 2 is 1.92 bits per heavy atom. The van der Waals surface area contributed by atoms with Crippen LogP contribution >= 0.6 is 0 Å². The van der Waals surface area contributed by atoms with Crippen molar-refractivity contribution in [3.63, 3.8) is 0 Å². The predicted molar refractivity (Wildman–Crippen MR) is 54.3 cm³/mol. The molecule has 0 N–H and O–H groups in total. The van der Waals surface area contributed by atoms with Crippen LogP contribution in [0.2, 0.25) is 0 Å². The Balaban J connectivity index is 2.68. The lowest BCUT2D eigenvalue weighted by molar-refractivity contribution is -0.660. The van der Waals surface area contributed by atoms with Crippen molar-refractivity contribution in [2.24, 2.45) is 0 Å². The monoisotopic (exact) mass is 170 g/mol. The highest BCUT2D eigenvalue weighted by molar-refractivity contribution is 5.74. The van der Waals surface area contributed by atoms with Gasteiger partial charge in [0, 0.05) is 17.5 Å². The van der Waals surface area contributed by atoms with Crippen LogP contribution in [-0.4, -0.2) is 0 Å². The van der Waals surface area contributed by atoms with Gasteiger partial charge in [-0.1, -0.05) is 18.7 Å². The van der Waals surface area contributed by atoms with E-state index in [9.17, 15) is 0 Å². The van der Waals surface area contributed by atoms with Crippen LogP contribution < -0.4 is 4.57 Å². The molecule has 0 amide bonds. The molecular formula is C12H12N+. The first-order valence-corrected chi connectivity index (χ1v) is 4.40. The van der Waals surface area contributed by atoms with Crippen LogP contribution in [0.1, 0.15) is 0 Å². The van der Waals surface area contributed by atoms with E-state index in [2.05, 4.69) is 53.7 Å². The maximum Gasteiger partial charge on any atom is 0.212 e. The number of hydrogen-bond acceptors (Lipinski definition) is 0. The van der Waals surface area contributed by atoms with Gasteiger partial charge in [0.25, 0.3) is 0 Å². The number of nitrogens with zero attached hydrogens (tertiary/aromatic N) is 1. The lowest BCUT2D eigenvalue weighted by atomic mass is 10.2. The summed E-state index contributed by atoms with van der Waals surface area (Å²) in [5.41, 5.74) is 1.25. The summed E-state index contributed by atoms with van der Waals surface area (Å²) in [5, 5.41) is 1.27. The number of aromatic nitrogens is 1. The SMILES string of the molecule is C=CC[n+]1cccc2ccccc21. The molecule has 0 unspecified atom stereocenters. The molecule has 1 aromatic carbocycles. The Kier molecular flexibility index (Phi) is 2.09. The van der Waals surface area contributed by atoms with Crippen molar-refractivity contribution in [3.05, 3.63) is 55.3 Å². The van der Waals surface area contributed by atoms with Crippen molar-refractivity contribution in [2.45, 2.75) is 6.54 Å². The van der Waals surface area contributed by atoms with Gasteiger partial charge in [-0.3, -0.25) is 0 Å². The van der Waals surface area contributed by atoms with Crippen LogP contribution in [0, 0.1) is 0 Å².